The highest BCUT2D eigenvalue weighted by molar-refractivity contribution is 6.30. The first-order valence-electron chi connectivity index (χ1n) is 7.64. The smallest absolute Gasteiger partial charge is 0.186 e. The Morgan fingerprint density at radius 1 is 1.32 bits per heavy atom. The molecule has 4 atom stereocenters. The van der Waals surface area contributed by atoms with Gasteiger partial charge in [0.25, 0.3) is 0 Å². The molecule has 0 aromatic heterocycles. The summed E-state index contributed by atoms with van der Waals surface area (Å²) in [5.74, 6) is 2.82. The molecule has 4 unspecified atom stereocenters. The third kappa shape index (κ3) is 1.53. The van der Waals surface area contributed by atoms with Gasteiger partial charge in [-0.1, -0.05) is 23.6 Å². The van der Waals surface area contributed by atoms with Crippen molar-refractivity contribution in [3.63, 3.8) is 0 Å². The molecular formula is C16H22ClNO. The Balaban J connectivity index is 1.89. The van der Waals surface area contributed by atoms with Crippen LogP contribution < -0.4 is 0 Å². The van der Waals surface area contributed by atoms with Crippen LogP contribution >= 0.6 is 11.6 Å². The van der Waals surface area contributed by atoms with Gasteiger partial charge in [-0.3, -0.25) is 4.99 Å². The van der Waals surface area contributed by atoms with Crippen molar-refractivity contribution in [1.82, 2.24) is 0 Å². The number of rotatable bonds is 0. The van der Waals surface area contributed by atoms with Gasteiger partial charge in [0.05, 0.1) is 13.2 Å². The summed E-state index contributed by atoms with van der Waals surface area (Å²) in [5.41, 5.74) is 1.95. The maximum Gasteiger partial charge on any atom is 0.186 e. The maximum absolute atomic E-state index is 6.59. The van der Waals surface area contributed by atoms with Crippen LogP contribution in [0.15, 0.2) is 15.6 Å². The van der Waals surface area contributed by atoms with Gasteiger partial charge in [0.15, 0.2) is 5.90 Å². The van der Waals surface area contributed by atoms with Crippen molar-refractivity contribution >= 4 is 17.5 Å². The van der Waals surface area contributed by atoms with Crippen LogP contribution in [0.2, 0.25) is 0 Å². The second-order valence-electron chi connectivity index (χ2n) is 6.89. The number of hydrogen-bond donors (Lipinski definition) is 0. The molecule has 1 spiro atoms. The third-order valence-electron chi connectivity index (χ3n) is 6.18. The van der Waals surface area contributed by atoms with E-state index in [0.717, 1.165) is 17.4 Å². The minimum Gasteiger partial charge on any atom is -0.484 e. The van der Waals surface area contributed by atoms with Crippen LogP contribution in [0.5, 0.6) is 0 Å². The molecule has 19 heavy (non-hydrogen) atoms. The highest BCUT2D eigenvalue weighted by atomic mass is 35.5. The molecule has 2 heterocycles. The van der Waals surface area contributed by atoms with Gasteiger partial charge in [-0.2, -0.15) is 0 Å². The van der Waals surface area contributed by atoms with Crippen LogP contribution in [0.25, 0.3) is 0 Å². The molecule has 4 bridgehead atoms. The lowest BCUT2D eigenvalue weighted by atomic mass is 9.61. The van der Waals surface area contributed by atoms with Gasteiger partial charge in [-0.15, -0.1) is 0 Å². The van der Waals surface area contributed by atoms with Crippen LogP contribution in [0.3, 0.4) is 0 Å². The molecule has 1 saturated carbocycles. The number of aliphatic imine (C=N–C) groups is 1. The number of halogens is 1. The van der Waals surface area contributed by atoms with E-state index in [9.17, 15) is 0 Å². The summed E-state index contributed by atoms with van der Waals surface area (Å²) < 4.78 is 5.67. The number of allylic oxidation sites excluding steroid dienone is 1. The van der Waals surface area contributed by atoms with Crippen molar-refractivity contribution in [2.45, 2.75) is 51.5 Å². The molecule has 0 aromatic rings. The highest BCUT2D eigenvalue weighted by Crippen LogP contribution is 2.69. The lowest BCUT2D eigenvalue weighted by Crippen LogP contribution is -2.41. The Bertz CT molecular complexity index is 477. The normalized spacial score (nSPS) is 42.8. The van der Waals surface area contributed by atoms with Crippen LogP contribution in [0.1, 0.15) is 45.4 Å². The summed E-state index contributed by atoms with van der Waals surface area (Å²) in [5, 5.41) is 1.12. The fraction of sp³-hybridized carbons (Fsp3) is 0.812. The van der Waals surface area contributed by atoms with Gasteiger partial charge in [-0.25, -0.2) is 0 Å². The van der Waals surface area contributed by atoms with E-state index in [1.165, 1.54) is 37.7 Å². The van der Waals surface area contributed by atoms with E-state index in [-0.39, 0.29) is 0 Å². The quantitative estimate of drug-likeness (QED) is 0.653. The molecule has 0 radical (unpaired) electrons. The zero-order valence-corrected chi connectivity index (χ0v) is 12.5. The average molecular weight is 280 g/mol. The molecule has 0 saturated heterocycles. The number of hydrogen-bond acceptors (Lipinski definition) is 2. The van der Waals surface area contributed by atoms with E-state index in [4.69, 9.17) is 21.3 Å². The van der Waals surface area contributed by atoms with E-state index in [1.807, 2.05) is 0 Å². The maximum atomic E-state index is 6.59. The molecule has 104 valence electrons. The van der Waals surface area contributed by atoms with Gasteiger partial charge in [0.1, 0.15) is 0 Å². The molecule has 2 aliphatic carbocycles. The van der Waals surface area contributed by atoms with E-state index in [1.54, 1.807) is 7.11 Å². The zero-order valence-electron chi connectivity index (χ0n) is 11.8. The first kappa shape index (κ1) is 12.3. The first-order valence-corrected chi connectivity index (χ1v) is 8.02. The van der Waals surface area contributed by atoms with E-state index < -0.39 is 0 Å². The first-order chi connectivity index (χ1) is 9.17. The van der Waals surface area contributed by atoms with Crippen LogP contribution in [-0.2, 0) is 4.74 Å². The molecule has 4 rings (SSSR count). The van der Waals surface area contributed by atoms with E-state index in [0.29, 0.717) is 29.2 Å². The largest absolute Gasteiger partial charge is 0.484 e. The zero-order chi connectivity index (χ0) is 13.2. The van der Waals surface area contributed by atoms with Crippen molar-refractivity contribution in [2.24, 2.45) is 28.2 Å². The van der Waals surface area contributed by atoms with Gasteiger partial charge in [0, 0.05) is 16.9 Å². The van der Waals surface area contributed by atoms with Crippen molar-refractivity contribution in [3.05, 3.63) is 10.6 Å². The fourth-order valence-corrected chi connectivity index (χ4v) is 5.53. The van der Waals surface area contributed by atoms with Crippen molar-refractivity contribution < 1.29 is 4.74 Å². The van der Waals surface area contributed by atoms with Crippen LogP contribution in [0.4, 0.5) is 0 Å². The Kier molecular flexibility index (Phi) is 2.58. The second-order valence-corrected chi connectivity index (χ2v) is 7.34. The topological polar surface area (TPSA) is 21.6 Å². The summed E-state index contributed by atoms with van der Waals surface area (Å²) >= 11 is 6.59. The monoisotopic (exact) mass is 279 g/mol. The van der Waals surface area contributed by atoms with Crippen molar-refractivity contribution in [2.75, 3.05) is 7.11 Å². The van der Waals surface area contributed by atoms with E-state index >= 15 is 0 Å². The molecule has 0 N–H and O–H groups in total. The molecule has 2 nitrogen and oxygen atoms in total. The van der Waals surface area contributed by atoms with Gasteiger partial charge in [0.2, 0.25) is 0 Å². The summed E-state index contributed by atoms with van der Waals surface area (Å²) in [6.07, 6.45) is 7.56. The number of fused-ring (bicyclic) bond motifs is 4. The predicted molar refractivity (Wildman–Crippen MR) is 77.4 cm³/mol. The minimum absolute atomic E-state index is 0.418. The summed E-state index contributed by atoms with van der Waals surface area (Å²) in [4.78, 5) is 5.02. The number of nitrogens with zero attached hydrogens (tertiary/aromatic N) is 1. The molecule has 1 fully saturated rings. The Hall–Kier alpha value is -0.500. The third-order valence-corrected chi connectivity index (χ3v) is 6.64. The van der Waals surface area contributed by atoms with Gasteiger partial charge in [-0.05, 0) is 50.4 Å². The van der Waals surface area contributed by atoms with Crippen molar-refractivity contribution in [3.8, 4) is 0 Å². The summed E-state index contributed by atoms with van der Waals surface area (Å²) in [7, 11) is 1.80. The SMILES string of the molecule is COC1=NC2CCCC1C1CC(Cl)=C(C)C2C12CC2. The predicted octanol–water partition coefficient (Wildman–Crippen LogP) is 4.14. The molecular weight excluding hydrogens is 258 g/mol. The summed E-state index contributed by atoms with van der Waals surface area (Å²) in [6.45, 7) is 2.25. The average Bonchev–Trinajstić information content (AvgIpc) is 3.19. The minimum atomic E-state index is 0.418. The van der Waals surface area contributed by atoms with E-state index in [2.05, 4.69) is 6.92 Å². The number of methoxy groups -OCH3 is 1. The lowest BCUT2D eigenvalue weighted by Gasteiger charge is -2.44. The molecule has 0 aromatic carbocycles. The summed E-state index contributed by atoms with van der Waals surface area (Å²) in [6, 6.07) is 0.418. The Morgan fingerprint density at radius 2 is 2.11 bits per heavy atom. The Morgan fingerprint density at radius 3 is 2.79 bits per heavy atom. The lowest BCUT2D eigenvalue weighted by molar-refractivity contribution is 0.129. The van der Waals surface area contributed by atoms with Crippen molar-refractivity contribution in [1.29, 1.82) is 0 Å². The second kappa shape index (κ2) is 4.00. The van der Waals surface area contributed by atoms with Gasteiger partial charge >= 0.3 is 0 Å². The number of ether oxygens (including phenoxy) is 1. The fourth-order valence-electron chi connectivity index (χ4n) is 5.24. The molecule has 2 aliphatic heterocycles. The standard InChI is InChI=1S/C16H22ClNO/c1-9-12(17)8-11-10-4-3-5-13(18-15(10)19-2)14(9)16(11)6-7-16/h10-11,13-14H,3-8H2,1-2H3. The molecule has 0 amide bonds. The van der Waals surface area contributed by atoms with Gasteiger partial charge < -0.3 is 4.74 Å². The van der Waals surface area contributed by atoms with Crippen LogP contribution in [0, 0.1) is 23.2 Å². The Labute approximate surface area is 120 Å². The molecule has 3 heteroatoms. The highest BCUT2D eigenvalue weighted by Gasteiger charge is 2.63. The van der Waals surface area contributed by atoms with Crippen LogP contribution in [-0.4, -0.2) is 19.0 Å². The molecule has 4 aliphatic rings.